The summed E-state index contributed by atoms with van der Waals surface area (Å²) in [5.74, 6) is -1.61. The Morgan fingerprint density at radius 1 is 1.30 bits per heavy atom. The van der Waals surface area contributed by atoms with Crippen LogP contribution in [0.2, 0.25) is 0 Å². The number of anilines is 1. The topological polar surface area (TPSA) is 83.6 Å². The number of hydrogen-bond donors (Lipinski definition) is 1. The normalized spacial score (nSPS) is 17.6. The van der Waals surface area contributed by atoms with Crippen LogP contribution in [0.15, 0.2) is 41.1 Å². The first-order valence-corrected chi connectivity index (χ1v) is 6.23. The highest BCUT2D eigenvalue weighted by molar-refractivity contribution is 6.05. The number of carboxylic acids is 1. The van der Waals surface area contributed by atoms with E-state index in [9.17, 15) is 14.7 Å². The number of aliphatic carboxylic acids is 1. The summed E-state index contributed by atoms with van der Waals surface area (Å²) in [5.41, 5.74) is 1.27. The van der Waals surface area contributed by atoms with Gasteiger partial charge in [-0.3, -0.25) is 9.59 Å². The Hall–Kier alpha value is -2.63. The van der Waals surface area contributed by atoms with Crippen molar-refractivity contribution in [3.63, 3.8) is 0 Å². The van der Waals surface area contributed by atoms with E-state index >= 15 is 0 Å². The minimum absolute atomic E-state index is 0.147. The van der Waals surface area contributed by atoms with Crippen molar-refractivity contribution < 1.29 is 19.2 Å². The zero-order valence-corrected chi connectivity index (χ0v) is 10.5. The molecule has 0 radical (unpaired) electrons. The fourth-order valence-electron chi connectivity index (χ4n) is 2.49. The molecule has 0 aliphatic carbocycles. The van der Waals surface area contributed by atoms with Crippen LogP contribution in [0.1, 0.15) is 28.5 Å². The van der Waals surface area contributed by atoms with Crippen molar-refractivity contribution in [2.24, 2.45) is 0 Å². The van der Waals surface area contributed by atoms with Crippen LogP contribution in [0.3, 0.4) is 0 Å². The third-order valence-corrected chi connectivity index (χ3v) is 3.44. The molecule has 6 heteroatoms. The van der Waals surface area contributed by atoms with Crippen LogP contribution < -0.4 is 4.90 Å². The van der Waals surface area contributed by atoms with Gasteiger partial charge in [0, 0.05) is 18.3 Å². The average molecular weight is 272 g/mol. The number of para-hydroxylation sites is 1. The van der Waals surface area contributed by atoms with E-state index in [-0.39, 0.29) is 11.7 Å². The van der Waals surface area contributed by atoms with Crippen molar-refractivity contribution in [2.45, 2.75) is 12.3 Å². The summed E-state index contributed by atoms with van der Waals surface area (Å²) < 4.78 is 4.88. The van der Waals surface area contributed by atoms with Gasteiger partial charge in [0.25, 0.3) is 5.91 Å². The molecule has 102 valence electrons. The Morgan fingerprint density at radius 2 is 2.10 bits per heavy atom. The Morgan fingerprint density at radius 3 is 2.80 bits per heavy atom. The molecule has 6 nitrogen and oxygen atoms in total. The lowest BCUT2D eigenvalue weighted by Gasteiger charge is -2.31. The van der Waals surface area contributed by atoms with Gasteiger partial charge >= 0.3 is 5.97 Å². The van der Waals surface area contributed by atoms with Crippen LogP contribution in [-0.2, 0) is 4.79 Å². The van der Waals surface area contributed by atoms with E-state index in [2.05, 4.69) is 5.16 Å². The largest absolute Gasteiger partial charge is 0.481 e. The molecule has 20 heavy (non-hydrogen) atoms. The monoisotopic (exact) mass is 272 g/mol. The molecule has 0 bridgehead atoms. The van der Waals surface area contributed by atoms with Crippen molar-refractivity contribution in [1.82, 2.24) is 5.16 Å². The van der Waals surface area contributed by atoms with Gasteiger partial charge < -0.3 is 14.5 Å². The molecular formula is C14H12N2O4. The molecule has 2 heterocycles. The summed E-state index contributed by atoms with van der Waals surface area (Å²) in [6.45, 7) is 0.341. The van der Waals surface area contributed by atoms with Gasteiger partial charge in [-0.15, -0.1) is 0 Å². The number of carbonyl (C=O) groups excluding carboxylic acids is 1. The number of benzene rings is 1. The predicted octanol–water partition coefficient (Wildman–Crippen LogP) is 1.89. The van der Waals surface area contributed by atoms with Gasteiger partial charge in [-0.2, -0.15) is 0 Å². The average Bonchev–Trinajstić information content (AvgIpc) is 2.99. The lowest BCUT2D eigenvalue weighted by Crippen LogP contribution is -2.38. The highest BCUT2D eigenvalue weighted by atomic mass is 16.5. The van der Waals surface area contributed by atoms with Crippen molar-refractivity contribution in [3.05, 3.63) is 47.9 Å². The molecule has 0 fully saturated rings. The molecule has 1 aliphatic rings. The SMILES string of the molecule is O=C(O)C1CCN(C(=O)c2ccno2)c2ccccc21. The molecule has 0 spiro atoms. The smallest absolute Gasteiger partial charge is 0.311 e. The number of amides is 1. The molecule has 1 aliphatic heterocycles. The summed E-state index contributed by atoms with van der Waals surface area (Å²) >= 11 is 0. The molecular weight excluding hydrogens is 260 g/mol. The Labute approximate surface area is 114 Å². The van der Waals surface area contributed by atoms with Crippen LogP contribution in [0.4, 0.5) is 5.69 Å². The van der Waals surface area contributed by atoms with E-state index in [4.69, 9.17) is 4.52 Å². The molecule has 1 N–H and O–H groups in total. The molecule has 1 aromatic carbocycles. The molecule has 1 atom stereocenters. The van der Waals surface area contributed by atoms with Gasteiger partial charge in [-0.05, 0) is 18.1 Å². The third-order valence-electron chi connectivity index (χ3n) is 3.44. The van der Waals surface area contributed by atoms with Gasteiger partial charge in [0.15, 0.2) is 0 Å². The fourth-order valence-corrected chi connectivity index (χ4v) is 2.49. The standard InChI is InChI=1S/C14H12N2O4/c17-13(12-5-7-15-20-12)16-8-6-10(14(18)19)9-3-1-2-4-11(9)16/h1-5,7,10H,6,8H2,(H,18,19). The first kappa shape index (κ1) is 12.4. The Balaban J connectivity index is 2.01. The highest BCUT2D eigenvalue weighted by Gasteiger charge is 2.33. The zero-order valence-electron chi connectivity index (χ0n) is 10.5. The third kappa shape index (κ3) is 1.95. The molecule has 0 saturated carbocycles. The maximum atomic E-state index is 12.3. The minimum Gasteiger partial charge on any atom is -0.481 e. The fraction of sp³-hybridized carbons (Fsp3) is 0.214. The van der Waals surface area contributed by atoms with Crippen LogP contribution in [0.5, 0.6) is 0 Å². The van der Waals surface area contributed by atoms with E-state index in [0.29, 0.717) is 24.2 Å². The van der Waals surface area contributed by atoms with Gasteiger partial charge in [-0.1, -0.05) is 23.4 Å². The van der Waals surface area contributed by atoms with Crippen molar-refractivity contribution in [1.29, 1.82) is 0 Å². The maximum absolute atomic E-state index is 12.3. The van der Waals surface area contributed by atoms with Gasteiger partial charge in [0.2, 0.25) is 5.76 Å². The van der Waals surface area contributed by atoms with Crippen molar-refractivity contribution in [3.8, 4) is 0 Å². The van der Waals surface area contributed by atoms with Gasteiger partial charge in [0.1, 0.15) is 0 Å². The van der Waals surface area contributed by atoms with Crippen LogP contribution in [0, 0.1) is 0 Å². The quantitative estimate of drug-likeness (QED) is 0.902. The molecule has 1 unspecified atom stereocenters. The highest BCUT2D eigenvalue weighted by Crippen LogP contribution is 2.35. The first-order valence-electron chi connectivity index (χ1n) is 6.23. The second-order valence-corrected chi connectivity index (χ2v) is 4.57. The van der Waals surface area contributed by atoms with E-state index < -0.39 is 11.9 Å². The molecule has 1 amide bonds. The lowest BCUT2D eigenvalue weighted by atomic mass is 9.90. The van der Waals surface area contributed by atoms with Crippen LogP contribution in [-0.4, -0.2) is 28.7 Å². The number of hydrogen-bond acceptors (Lipinski definition) is 4. The van der Waals surface area contributed by atoms with Crippen molar-refractivity contribution >= 4 is 17.6 Å². The van der Waals surface area contributed by atoms with Crippen molar-refractivity contribution in [2.75, 3.05) is 11.4 Å². The minimum atomic E-state index is -0.871. The first-order chi connectivity index (χ1) is 9.68. The van der Waals surface area contributed by atoms with Crippen LogP contribution in [0.25, 0.3) is 0 Å². The molecule has 0 saturated heterocycles. The second-order valence-electron chi connectivity index (χ2n) is 4.57. The summed E-state index contributed by atoms with van der Waals surface area (Å²) in [5, 5.41) is 12.8. The summed E-state index contributed by atoms with van der Waals surface area (Å²) in [7, 11) is 0. The Kier molecular flexibility index (Phi) is 2.98. The summed E-state index contributed by atoms with van der Waals surface area (Å²) in [4.78, 5) is 25.2. The zero-order chi connectivity index (χ0) is 14.1. The Bertz CT molecular complexity index is 651. The maximum Gasteiger partial charge on any atom is 0.311 e. The summed E-state index contributed by atoms with van der Waals surface area (Å²) in [6.07, 6.45) is 1.79. The van der Waals surface area contributed by atoms with E-state index in [1.807, 2.05) is 0 Å². The predicted molar refractivity (Wildman–Crippen MR) is 69.6 cm³/mol. The number of carbonyl (C=O) groups is 2. The second kappa shape index (κ2) is 4.80. The summed E-state index contributed by atoms with van der Waals surface area (Å²) in [6, 6.07) is 8.54. The van der Waals surface area contributed by atoms with E-state index in [1.165, 1.54) is 17.2 Å². The van der Waals surface area contributed by atoms with E-state index in [1.54, 1.807) is 24.3 Å². The number of fused-ring (bicyclic) bond motifs is 1. The van der Waals surface area contributed by atoms with E-state index in [0.717, 1.165) is 0 Å². The molecule has 1 aromatic heterocycles. The number of rotatable bonds is 2. The lowest BCUT2D eigenvalue weighted by molar-refractivity contribution is -0.139. The molecule has 2 aromatic rings. The number of nitrogens with zero attached hydrogens (tertiary/aromatic N) is 2. The van der Waals surface area contributed by atoms with Gasteiger partial charge in [0.05, 0.1) is 12.1 Å². The van der Waals surface area contributed by atoms with Gasteiger partial charge in [-0.25, -0.2) is 0 Å². The molecule has 3 rings (SSSR count). The number of aromatic nitrogens is 1. The number of carboxylic acid groups (broad SMARTS) is 1. The van der Waals surface area contributed by atoms with Crippen LogP contribution >= 0.6 is 0 Å².